The third-order valence-corrected chi connectivity index (χ3v) is 4.04. The minimum absolute atomic E-state index is 0.318. The van der Waals surface area contributed by atoms with Crippen molar-refractivity contribution in [3.05, 3.63) is 34.8 Å². The van der Waals surface area contributed by atoms with Crippen molar-refractivity contribution in [1.29, 1.82) is 0 Å². The molecule has 1 aliphatic heterocycles. The summed E-state index contributed by atoms with van der Waals surface area (Å²) in [6.45, 7) is 8.18. The molecule has 0 atom stereocenters. The first-order valence-electron chi connectivity index (χ1n) is 5.91. The third kappa shape index (κ3) is 2.37. The quantitative estimate of drug-likeness (QED) is 0.664. The third-order valence-electron chi connectivity index (χ3n) is 3.67. The maximum atomic E-state index is 6.25. The van der Waals surface area contributed by atoms with Gasteiger partial charge in [-0.15, -0.1) is 0 Å². The molecule has 1 fully saturated rings. The molecule has 1 saturated heterocycles. The largest absolute Gasteiger partial charge is 0.492 e. The van der Waals surface area contributed by atoms with Crippen LogP contribution in [0, 0.1) is 0 Å². The molecule has 0 aromatic carbocycles. The second-order valence-corrected chi connectivity index (χ2v) is 5.86. The average Bonchev–Trinajstić information content (AvgIpc) is 2.39. The van der Waals surface area contributed by atoms with E-state index in [1.807, 2.05) is 45.9 Å². The summed E-state index contributed by atoms with van der Waals surface area (Å²) >= 11 is 6.25. The molecule has 0 saturated carbocycles. The van der Waals surface area contributed by atoms with E-state index in [1.54, 1.807) is 0 Å². The van der Waals surface area contributed by atoms with Crippen LogP contribution in [0.25, 0.3) is 0 Å². The molecule has 0 aromatic heterocycles. The minimum atomic E-state index is -0.347. The van der Waals surface area contributed by atoms with Crippen LogP contribution in [0.2, 0.25) is 0 Å². The topological polar surface area (TPSA) is 18.5 Å². The number of hydrogen-bond donors (Lipinski definition) is 0. The molecule has 0 radical (unpaired) electrons. The second-order valence-electron chi connectivity index (χ2n) is 5.45. The number of hydrogen-bond acceptors (Lipinski definition) is 2. The molecule has 2 aliphatic rings. The Balaban J connectivity index is 2.27. The van der Waals surface area contributed by atoms with Gasteiger partial charge in [-0.1, -0.05) is 29.8 Å². The van der Waals surface area contributed by atoms with E-state index < -0.39 is 0 Å². The van der Waals surface area contributed by atoms with Gasteiger partial charge in [0.15, 0.2) is 0 Å². The molecular weight excluding hydrogens is 234 g/mol. The van der Waals surface area contributed by atoms with Gasteiger partial charge in [0.05, 0.1) is 11.2 Å². The SMILES string of the molecule is CC1(C)OB(C2=C(Cl)C=CC=CC2)OC1(C)C. The van der Waals surface area contributed by atoms with Gasteiger partial charge < -0.3 is 9.31 Å². The average molecular weight is 253 g/mol. The molecule has 92 valence electrons. The number of halogens is 1. The Morgan fingerprint density at radius 3 is 2.29 bits per heavy atom. The van der Waals surface area contributed by atoms with Gasteiger partial charge >= 0.3 is 7.12 Å². The van der Waals surface area contributed by atoms with Gasteiger partial charge in [-0.3, -0.25) is 0 Å². The molecule has 2 rings (SSSR count). The van der Waals surface area contributed by atoms with Gasteiger partial charge in [0.1, 0.15) is 0 Å². The Morgan fingerprint density at radius 1 is 1.12 bits per heavy atom. The second kappa shape index (κ2) is 4.31. The van der Waals surface area contributed by atoms with E-state index in [4.69, 9.17) is 20.9 Å². The first-order valence-corrected chi connectivity index (χ1v) is 6.29. The predicted molar refractivity (Wildman–Crippen MR) is 71.9 cm³/mol. The van der Waals surface area contributed by atoms with Crippen LogP contribution in [0.15, 0.2) is 34.8 Å². The molecule has 17 heavy (non-hydrogen) atoms. The lowest BCUT2D eigenvalue weighted by molar-refractivity contribution is 0.00578. The Labute approximate surface area is 108 Å². The van der Waals surface area contributed by atoms with E-state index in [0.29, 0.717) is 5.03 Å². The van der Waals surface area contributed by atoms with E-state index in [1.165, 1.54) is 0 Å². The molecule has 0 aromatic rings. The normalized spacial score (nSPS) is 26.5. The molecule has 1 heterocycles. The molecule has 0 unspecified atom stereocenters. The summed E-state index contributed by atoms with van der Waals surface area (Å²) in [7, 11) is -0.347. The monoisotopic (exact) mass is 252 g/mol. The summed E-state index contributed by atoms with van der Waals surface area (Å²) in [5.74, 6) is 0. The smallest absolute Gasteiger partial charge is 0.400 e. The van der Waals surface area contributed by atoms with Crippen molar-refractivity contribution in [2.75, 3.05) is 0 Å². The van der Waals surface area contributed by atoms with Crippen molar-refractivity contribution in [2.24, 2.45) is 0 Å². The first kappa shape index (κ1) is 12.9. The number of allylic oxidation sites excluding steroid dienone is 6. The molecule has 2 nitrogen and oxygen atoms in total. The van der Waals surface area contributed by atoms with Crippen LogP contribution in [-0.2, 0) is 9.31 Å². The molecule has 4 heteroatoms. The highest BCUT2D eigenvalue weighted by Gasteiger charge is 2.52. The molecule has 0 spiro atoms. The van der Waals surface area contributed by atoms with Crippen LogP contribution in [0.4, 0.5) is 0 Å². The zero-order chi connectivity index (χ0) is 12.7. The summed E-state index contributed by atoms with van der Waals surface area (Å²) in [6.07, 6.45) is 8.63. The summed E-state index contributed by atoms with van der Waals surface area (Å²) in [4.78, 5) is 0. The Hall–Kier alpha value is -0.505. The van der Waals surface area contributed by atoms with Crippen LogP contribution in [-0.4, -0.2) is 18.3 Å². The fourth-order valence-corrected chi connectivity index (χ4v) is 2.05. The summed E-state index contributed by atoms with van der Waals surface area (Å²) in [6, 6.07) is 0. The summed E-state index contributed by atoms with van der Waals surface area (Å²) in [5.41, 5.74) is 0.360. The first-order chi connectivity index (χ1) is 7.83. The van der Waals surface area contributed by atoms with Gasteiger partial charge in [-0.05, 0) is 45.7 Å². The molecule has 0 N–H and O–H groups in total. The highest BCUT2D eigenvalue weighted by molar-refractivity contribution is 6.57. The fourth-order valence-electron chi connectivity index (χ4n) is 1.81. The van der Waals surface area contributed by atoms with E-state index in [2.05, 4.69) is 6.08 Å². The van der Waals surface area contributed by atoms with Gasteiger partial charge in [0, 0.05) is 5.03 Å². The maximum absolute atomic E-state index is 6.25. The van der Waals surface area contributed by atoms with Crippen LogP contribution < -0.4 is 0 Å². The summed E-state index contributed by atoms with van der Waals surface area (Å²) < 4.78 is 12.0. The van der Waals surface area contributed by atoms with E-state index in [9.17, 15) is 0 Å². The molecule has 0 amide bonds. The van der Waals surface area contributed by atoms with Gasteiger partial charge in [-0.2, -0.15) is 0 Å². The van der Waals surface area contributed by atoms with E-state index in [-0.39, 0.29) is 18.3 Å². The van der Waals surface area contributed by atoms with Crippen molar-refractivity contribution >= 4 is 18.7 Å². The molecular formula is C13H18BClO2. The van der Waals surface area contributed by atoms with Crippen molar-refractivity contribution in [3.63, 3.8) is 0 Å². The van der Waals surface area contributed by atoms with Crippen LogP contribution in [0.1, 0.15) is 34.1 Å². The minimum Gasteiger partial charge on any atom is -0.400 e. The Morgan fingerprint density at radius 2 is 1.71 bits per heavy atom. The molecule has 0 bridgehead atoms. The van der Waals surface area contributed by atoms with Crippen LogP contribution >= 0.6 is 11.6 Å². The maximum Gasteiger partial charge on any atom is 0.492 e. The van der Waals surface area contributed by atoms with Crippen LogP contribution in [0.5, 0.6) is 0 Å². The van der Waals surface area contributed by atoms with Gasteiger partial charge in [0.2, 0.25) is 0 Å². The fraction of sp³-hybridized carbons (Fsp3) is 0.538. The van der Waals surface area contributed by atoms with Crippen molar-refractivity contribution in [3.8, 4) is 0 Å². The van der Waals surface area contributed by atoms with Gasteiger partial charge in [-0.25, -0.2) is 0 Å². The lowest BCUT2D eigenvalue weighted by Gasteiger charge is -2.32. The van der Waals surface area contributed by atoms with Crippen molar-refractivity contribution in [2.45, 2.75) is 45.3 Å². The van der Waals surface area contributed by atoms with E-state index >= 15 is 0 Å². The predicted octanol–water partition coefficient (Wildman–Crippen LogP) is 3.63. The standard InChI is InChI=1S/C13H18BClO2/c1-12(2)13(3,4)17-14(16-12)10-8-6-5-7-9-11(10)15/h5-7,9H,8H2,1-4H3. The van der Waals surface area contributed by atoms with Crippen molar-refractivity contribution < 1.29 is 9.31 Å². The zero-order valence-electron chi connectivity index (χ0n) is 10.8. The summed E-state index contributed by atoms with van der Waals surface area (Å²) in [5, 5.41) is 0.716. The highest BCUT2D eigenvalue weighted by Crippen LogP contribution is 2.40. The van der Waals surface area contributed by atoms with Crippen molar-refractivity contribution in [1.82, 2.24) is 0 Å². The highest BCUT2D eigenvalue weighted by atomic mass is 35.5. The lowest BCUT2D eigenvalue weighted by atomic mass is 9.76. The number of rotatable bonds is 1. The Bertz CT molecular complexity index is 392. The van der Waals surface area contributed by atoms with Gasteiger partial charge in [0.25, 0.3) is 0 Å². The lowest BCUT2D eigenvalue weighted by Crippen LogP contribution is -2.41. The zero-order valence-corrected chi connectivity index (χ0v) is 11.5. The Kier molecular flexibility index (Phi) is 3.28. The van der Waals surface area contributed by atoms with E-state index in [0.717, 1.165) is 11.9 Å². The van der Waals surface area contributed by atoms with Crippen LogP contribution in [0.3, 0.4) is 0 Å². The molecule has 1 aliphatic carbocycles.